The van der Waals surface area contributed by atoms with E-state index in [0.29, 0.717) is 33.7 Å². The van der Waals surface area contributed by atoms with Crippen LogP contribution in [-0.2, 0) is 17.6 Å². The molecule has 0 radical (unpaired) electrons. The molecule has 0 spiro atoms. The van der Waals surface area contributed by atoms with Crippen molar-refractivity contribution in [2.75, 3.05) is 19.0 Å². The van der Waals surface area contributed by atoms with Gasteiger partial charge in [-0.1, -0.05) is 47.2 Å². The molecule has 2 aromatic carbocycles. The maximum Gasteiger partial charge on any atom is 0.252 e. The van der Waals surface area contributed by atoms with Gasteiger partial charge in [0.15, 0.2) is 0 Å². The first kappa shape index (κ1) is 20.8. The molecule has 2 N–H and O–H groups in total. The molecule has 1 aromatic heterocycles. The Bertz CT molecular complexity index is 991. The third kappa shape index (κ3) is 6.00. The lowest BCUT2D eigenvalue weighted by atomic mass is 10.1. The van der Waals surface area contributed by atoms with Gasteiger partial charge < -0.3 is 15.4 Å². The maximum absolute atomic E-state index is 12.2. The van der Waals surface area contributed by atoms with Crippen LogP contribution in [0.25, 0.3) is 0 Å². The minimum Gasteiger partial charge on any atom is -0.497 e. The second-order valence-corrected chi connectivity index (χ2v) is 7.53. The van der Waals surface area contributed by atoms with E-state index >= 15 is 0 Å². The molecule has 150 valence electrons. The van der Waals surface area contributed by atoms with E-state index < -0.39 is 0 Å². The third-order valence-corrected chi connectivity index (χ3v) is 5.21. The van der Waals surface area contributed by atoms with Gasteiger partial charge in [-0.15, -0.1) is 10.2 Å². The molecule has 0 aliphatic carbocycles. The SMILES string of the molecule is COc1ccc(CC(=O)Nc2nnc(CCNC(=O)c3ccccc3Cl)s2)cc1. The van der Waals surface area contributed by atoms with Crippen molar-refractivity contribution in [2.24, 2.45) is 0 Å². The highest BCUT2D eigenvalue weighted by atomic mass is 35.5. The number of methoxy groups -OCH3 is 1. The van der Waals surface area contributed by atoms with Crippen LogP contribution in [0.4, 0.5) is 5.13 Å². The number of carbonyl (C=O) groups excluding carboxylic acids is 2. The molecule has 0 bridgehead atoms. The van der Waals surface area contributed by atoms with Gasteiger partial charge in [0.1, 0.15) is 10.8 Å². The smallest absolute Gasteiger partial charge is 0.252 e. The Kier molecular flexibility index (Phi) is 7.15. The zero-order valence-electron chi connectivity index (χ0n) is 15.6. The van der Waals surface area contributed by atoms with Crippen molar-refractivity contribution in [3.05, 3.63) is 69.7 Å². The molecule has 0 saturated heterocycles. The zero-order chi connectivity index (χ0) is 20.6. The van der Waals surface area contributed by atoms with Crippen LogP contribution in [0.3, 0.4) is 0 Å². The van der Waals surface area contributed by atoms with Gasteiger partial charge in [-0.25, -0.2) is 0 Å². The van der Waals surface area contributed by atoms with Gasteiger partial charge in [0.25, 0.3) is 5.91 Å². The normalized spacial score (nSPS) is 10.4. The Morgan fingerprint density at radius 3 is 2.59 bits per heavy atom. The van der Waals surface area contributed by atoms with Gasteiger partial charge >= 0.3 is 0 Å². The van der Waals surface area contributed by atoms with E-state index in [0.717, 1.165) is 11.3 Å². The lowest BCUT2D eigenvalue weighted by Gasteiger charge is -2.05. The van der Waals surface area contributed by atoms with Gasteiger partial charge in [0.05, 0.1) is 24.1 Å². The third-order valence-electron chi connectivity index (χ3n) is 3.98. The predicted molar refractivity (Wildman–Crippen MR) is 113 cm³/mol. The highest BCUT2D eigenvalue weighted by molar-refractivity contribution is 7.15. The summed E-state index contributed by atoms with van der Waals surface area (Å²) in [7, 11) is 1.59. The summed E-state index contributed by atoms with van der Waals surface area (Å²) in [5, 5.41) is 15.1. The number of hydrogen-bond donors (Lipinski definition) is 2. The number of nitrogens with zero attached hydrogens (tertiary/aromatic N) is 2. The Morgan fingerprint density at radius 2 is 1.86 bits per heavy atom. The topological polar surface area (TPSA) is 93.2 Å². The molecule has 0 saturated carbocycles. The maximum atomic E-state index is 12.2. The quantitative estimate of drug-likeness (QED) is 0.571. The van der Waals surface area contributed by atoms with E-state index in [-0.39, 0.29) is 18.2 Å². The van der Waals surface area contributed by atoms with Crippen LogP contribution in [-0.4, -0.2) is 35.7 Å². The van der Waals surface area contributed by atoms with Gasteiger partial charge in [0, 0.05) is 13.0 Å². The number of hydrogen-bond acceptors (Lipinski definition) is 6. The number of nitrogens with one attached hydrogen (secondary N) is 2. The van der Waals surface area contributed by atoms with Crippen molar-refractivity contribution >= 4 is 39.9 Å². The summed E-state index contributed by atoms with van der Waals surface area (Å²) in [6.07, 6.45) is 0.731. The van der Waals surface area contributed by atoms with Crippen LogP contribution < -0.4 is 15.4 Å². The van der Waals surface area contributed by atoms with Crippen LogP contribution in [0.5, 0.6) is 5.75 Å². The second-order valence-electron chi connectivity index (χ2n) is 6.06. The van der Waals surface area contributed by atoms with E-state index in [2.05, 4.69) is 20.8 Å². The molecule has 3 rings (SSSR count). The Morgan fingerprint density at radius 1 is 1.10 bits per heavy atom. The summed E-state index contributed by atoms with van der Waals surface area (Å²) >= 11 is 7.29. The van der Waals surface area contributed by atoms with Gasteiger partial charge in [-0.3, -0.25) is 9.59 Å². The molecule has 3 aromatic rings. The lowest BCUT2D eigenvalue weighted by molar-refractivity contribution is -0.115. The van der Waals surface area contributed by atoms with Crippen molar-refractivity contribution in [2.45, 2.75) is 12.8 Å². The first-order valence-electron chi connectivity index (χ1n) is 8.83. The van der Waals surface area contributed by atoms with Crippen LogP contribution in [0.2, 0.25) is 5.02 Å². The average Bonchev–Trinajstić information content (AvgIpc) is 3.15. The number of anilines is 1. The van der Waals surface area contributed by atoms with Gasteiger partial charge in [-0.05, 0) is 29.8 Å². The highest BCUT2D eigenvalue weighted by Crippen LogP contribution is 2.17. The summed E-state index contributed by atoms with van der Waals surface area (Å²) in [6.45, 7) is 0.387. The zero-order valence-corrected chi connectivity index (χ0v) is 17.2. The summed E-state index contributed by atoms with van der Waals surface area (Å²) in [4.78, 5) is 24.3. The van der Waals surface area contributed by atoms with Crippen molar-refractivity contribution in [3.8, 4) is 5.75 Å². The van der Waals surface area contributed by atoms with E-state index in [1.807, 2.05) is 24.3 Å². The molecule has 0 atom stereocenters. The number of benzene rings is 2. The molecule has 0 aliphatic rings. The van der Waals surface area contributed by atoms with E-state index in [4.69, 9.17) is 16.3 Å². The van der Waals surface area contributed by atoms with E-state index in [1.54, 1.807) is 31.4 Å². The number of amides is 2. The molecule has 0 unspecified atom stereocenters. The molecule has 0 fully saturated rings. The number of halogens is 1. The number of rotatable bonds is 8. The first-order chi connectivity index (χ1) is 14.0. The van der Waals surface area contributed by atoms with Crippen LogP contribution in [0, 0.1) is 0 Å². The van der Waals surface area contributed by atoms with Gasteiger partial charge in [0.2, 0.25) is 11.0 Å². The minimum atomic E-state index is -0.242. The van der Waals surface area contributed by atoms with Crippen molar-refractivity contribution in [3.63, 3.8) is 0 Å². The first-order valence-corrected chi connectivity index (χ1v) is 10.0. The number of ether oxygens (including phenoxy) is 1. The Hall–Kier alpha value is -2.97. The summed E-state index contributed by atoms with van der Waals surface area (Å²) in [6, 6.07) is 14.2. The monoisotopic (exact) mass is 430 g/mol. The molecular weight excluding hydrogens is 412 g/mol. The molecule has 1 heterocycles. The largest absolute Gasteiger partial charge is 0.497 e. The summed E-state index contributed by atoms with van der Waals surface area (Å²) < 4.78 is 5.10. The fraction of sp³-hybridized carbons (Fsp3) is 0.200. The molecule has 2 amide bonds. The predicted octanol–water partition coefficient (Wildman–Crippen LogP) is 3.35. The van der Waals surface area contributed by atoms with E-state index in [1.165, 1.54) is 11.3 Å². The molecule has 7 nitrogen and oxygen atoms in total. The van der Waals surface area contributed by atoms with Crippen LogP contribution in [0.15, 0.2) is 48.5 Å². The fourth-order valence-corrected chi connectivity index (χ4v) is 3.50. The highest BCUT2D eigenvalue weighted by Gasteiger charge is 2.11. The van der Waals surface area contributed by atoms with Crippen molar-refractivity contribution < 1.29 is 14.3 Å². The molecule has 29 heavy (non-hydrogen) atoms. The van der Waals surface area contributed by atoms with Crippen molar-refractivity contribution in [1.29, 1.82) is 0 Å². The second kappa shape index (κ2) is 9.99. The average molecular weight is 431 g/mol. The van der Waals surface area contributed by atoms with E-state index in [9.17, 15) is 9.59 Å². The van der Waals surface area contributed by atoms with Crippen LogP contribution >= 0.6 is 22.9 Å². The lowest BCUT2D eigenvalue weighted by Crippen LogP contribution is -2.25. The molecule has 0 aliphatic heterocycles. The summed E-state index contributed by atoms with van der Waals surface area (Å²) in [5.41, 5.74) is 1.30. The summed E-state index contributed by atoms with van der Waals surface area (Å²) in [5.74, 6) is 0.322. The Balaban J connectivity index is 1.45. The molecule has 9 heteroatoms. The van der Waals surface area contributed by atoms with Crippen LogP contribution in [0.1, 0.15) is 20.9 Å². The van der Waals surface area contributed by atoms with Crippen molar-refractivity contribution in [1.82, 2.24) is 15.5 Å². The standard InChI is InChI=1S/C20H19ClN4O3S/c1-28-14-8-6-13(7-9-14)12-17(26)23-20-25-24-18(29-20)10-11-22-19(27)15-4-2-3-5-16(15)21/h2-9H,10-12H2,1H3,(H,22,27)(H,23,25,26). The number of aromatic nitrogens is 2. The molecular formula is C20H19ClN4O3S. The fourth-order valence-electron chi connectivity index (χ4n) is 2.52. The number of carbonyl (C=O) groups is 2. The minimum absolute atomic E-state index is 0.176. The van der Waals surface area contributed by atoms with Gasteiger partial charge in [-0.2, -0.15) is 0 Å². The Labute approximate surface area is 177 Å².